The molecule has 1 atom stereocenters. The molecule has 2 fully saturated rings. The largest absolute Gasteiger partial charge is 0.357 e. The molecule has 1 N–H and O–H groups in total. The first-order valence-corrected chi connectivity index (χ1v) is 11.6. The fourth-order valence-electron chi connectivity index (χ4n) is 4.00. The van der Waals surface area contributed by atoms with E-state index >= 15 is 0 Å². The van der Waals surface area contributed by atoms with Crippen LogP contribution in [-0.4, -0.2) is 49.3 Å². The van der Waals surface area contributed by atoms with Gasteiger partial charge in [-0.2, -0.15) is 4.31 Å². The Hall–Kier alpha value is -2.45. The normalized spacial score (nSPS) is 20.6. The number of rotatable bonds is 5. The number of pyridine rings is 1. The highest BCUT2D eigenvalue weighted by atomic mass is 32.2. The van der Waals surface area contributed by atoms with Crippen LogP contribution in [0.3, 0.4) is 0 Å². The number of nitrogens with zero attached hydrogens (tertiary/aromatic N) is 3. The number of carbonyl (C=O) groups excluding carboxylic acids is 1. The first kappa shape index (κ1) is 19.8. The first-order chi connectivity index (χ1) is 14.1. The zero-order chi connectivity index (χ0) is 20.3. The van der Waals surface area contributed by atoms with Gasteiger partial charge in [0.25, 0.3) is 0 Å². The number of hydrogen-bond donors (Lipinski definition) is 1. The molecule has 4 rings (SSSR count). The summed E-state index contributed by atoms with van der Waals surface area (Å²) in [6.07, 6.45) is 6.08. The molecular weight excluding hydrogens is 388 g/mol. The average molecular weight is 415 g/mol. The van der Waals surface area contributed by atoms with E-state index in [-0.39, 0.29) is 10.8 Å². The van der Waals surface area contributed by atoms with Gasteiger partial charge in [0, 0.05) is 19.6 Å². The molecule has 7 nitrogen and oxygen atoms in total. The number of hydrogen-bond acceptors (Lipinski definition) is 5. The van der Waals surface area contributed by atoms with Crippen molar-refractivity contribution in [2.75, 3.05) is 29.9 Å². The lowest BCUT2D eigenvalue weighted by molar-refractivity contribution is -0.120. The Morgan fingerprint density at radius 3 is 2.38 bits per heavy atom. The number of sulfonamides is 1. The van der Waals surface area contributed by atoms with Crippen molar-refractivity contribution >= 4 is 27.4 Å². The molecule has 1 aromatic carbocycles. The molecule has 154 valence electrons. The zero-order valence-corrected chi connectivity index (χ0v) is 17.1. The van der Waals surface area contributed by atoms with Crippen LogP contribution < -0.4 is 10.2 Å². The van der Waals surface area contributed by atoms with Crippen LogP contribution in [0.15, 0.2) is 53.6 Å². The molecule has 2 aromatic rings. The number of amides is 1. The number of benzene rings is 1. The smallest absolute Gasteiger partial charge is 0.243 e. The van der Waals surface area contributed by atoms with Gasteiger partial charge in [0.05, 0.1) is 16.8 Å². The molecule has 1 amide bonds. The highest BCUT2D eigenvalue weighted by Gasteiger charge is 2.37. The van der Waals surface area contributed by atoms with Crippen molar-refractivity contribution in [3.63, 3.8) is 0 Å². The minimum absolute atomic E-state index is 0.219. The van der Waals surface area contributed by atoms with Gasteiger partial charge in [-0.25, -0.2) is 13.4 Å². The van der Waals surface area contributed by atoms with E-state index in [1.54, 1.807) is 36.5 Å². The van der Waals surface area contributed by atoms with Crippen LogP contribution in [0.2, 0.25) is 0 Å². The second kappa shape index (κ2) is 8.51. The molecule has 1 aromatic heterocycles. The monoisotopic (exact) mass is 414 g/mol. The summed E-state index contributed by atoms with van der Waals surface area (Å²) in [6, 6.07) is 11.3. The average Bonchev–Trinajstić information content (AvgIpc) is 3.30. The third-order valence-corrected chi connectivity index (χ3v) is 7.47. The highest BCUT2D eigenvalue weighted by molar-refractivity contribution is 7.89. The summed E-state index contributed by atoms with van der Waals surface area (Å²) in [5.74, 6) is 0.603. The van der Waals surface area contributed by atoms with Crippen molar-refractivity contribution in [1.82, 2.24) is 9.29 Å². The van der Waals surface area contributed by atoms with Crippen LogP contribution in [0.4, 0.5) is 11.5 Å². The number of piperidine rings is 1. The Bertz CT molecular complexity index is 942. The molecule has 0 aliphatic carbocycles. The maximum atomic E-state index is 13.1. The van der Waals surface area contributed by atoms with Crippen LogP contribution in [0.1, 0.15) is 32.1 Å². The van der Waals surface area contributed by atoms with E-state index in [4.69, 9.17) is 0 Å². The second-order valence-corrected chi connectivity index (χ2v) is 9.42. The van der Waals surface area contributed by atoms with E-state index in [9.17, 15) is 13.2 Å². The fraction of sp³-hybridized carbons (Fsp3) is 0.429. The van der Waals surface area contributed by atoms with Gasteiger partial charge in [-0.05, 0) is 49.9 Å². The van der Waals surface area contributed by atoms with Gasteiger partial charge in [0.2, 0.25) is 15.9 Å². The van der Waals surface area contributed by atoms with Gasteiger partial charge in [0.15, 0.2) is 0 Å². The Kier molecular flexibility index (Phi) is 5.82. The Labute approximate surface area is 171 Å². The van der Waals surface area contributed by atoms with Crippen molar-refractivity contribution in [3.8, 4) is 0 Å². The van der Waals surface area contributed by atoms with Crippen molar-refractivity contribution in [1.29, 1.82) is 0 Å². The van der Waals surface area contributed by atoms with Crippen molar-refractivity contribution in [2.45, 2.75) is 43.0 Å². The number of anilines is 2. The minimum atomic E-state index is -3.72. The summed E-state index contributed by atoms with van der Waals surface area (Å²) < 4.78 is 27.5. The summed E-state index contributed by atoms with van der Waals surface area (Å²) in [5, 5.41) is 2.86. The van der Waals surface area contributed by atoms with Crippen molar-refractivity contribution in [2.24, 2.45) is 0 Å². The predicted molar refractivity (Wildman–Crippen MR) is 112 cm³/mol. The molecule has 3 heterocycles. The van der Waals surface area contributed by atoms with Crippen LogP contribution in [-0.2, 0) is 14.8 Å². The van der Waals surface area contributed by atoms with Crippen molar-refractivity contribution in [3.05, 3.63) is 48.7 Å². The summed E-state index contributed by atoms with van der Waals surface area (Å²) >= 11 is 0. The number of carbonyl (C=O) groups is 1. The maximum Gasteiger partial charge on any atom is 0.243 e. The maximum absolute atomic E-state index is 13.1. The molecule has 8 heteroatoms. The SMILES string of the molecule is O=C(Nc1ccc(N2CCCC2)nc1)C1CCCCN1S(=O)(=O)c1ccccc1. The van der Waals surface area contributed by atoms with Crippen LogP contribution in [0.5, 0.6) is 0 Å². The topological polar surface area (TPSA) is 82.6 Å². The molecular formula is C21H26N4O3S. The van der Waals surface area contributed by atoms with Gasteiger partial charge in [-0.1, -0.05) is 24.6 Å². The van der Waals surface area contributed by atoms with Crippen LogP contribution in [0.25, 0.3) is 0 Å². The van der Waals surface area contributed by atoms with Crippen LogP contribution >= 0.6 is 0 Å². The molecule has 2 aliphatic heterocycles. The molecule has 2 saturated heterocycles. The summed E-state index contributed by atoms with van der Waals surface area (Å²) in [5.41, 5.74) is 0.584. The fourth-order valence-corrected chi connectivity index (χ4v) is 5.68. The Morgan fingerprint density at radius 2 is 1.69 bits per heavy atom. The first-order valence-electron chi connectivity index (χ1n) is 10.1. The van der Waals surface area contributed by atoms with E-state index in [1.165, 1.54) is 17.1 Å². The van der Waals surface area contributed by atoms with Gasteiger partial charge in [-0.15, -0.1) is 0 Å². The van der Waals surface area contributed by atoms with Crippen molar-refractivity contribution < 1.29 is 13.2 Å². The Balaban J connectivity index is 1.49. The van der Waals surface area contributed by atoms with E-state index in [2.05, 4.69) is 15.2 Å². The summed E-state index contributed by atoms with van der Waals surface area (Å²) in [7, 11) is -3.72. The third-order valence-electron chi connectivity index (χ3n) is 5.55. The van der Waals surface area contributed by atoms with Crippen LogP contribution in [0, 0.1) is 0 Å². The lowest BCUT2D eigenvalue weighted by Gasteiger charge is -2.33. The quantitative estimate of drug-likeness (QED) is 0.814. The second-order valence-electron chi connectivity index (χ2n) is 7.53. The minimum Gasteiger partial charge on any atom is -0.357 e. The Morgan fingerprint density at radius 1 is 0.966 bits per heavy atom. The number of nitrogens with one attached hydrogen (secondary N) is 1. The zero-order valence-electron chi connectivity index (χ0n) is 16.3. The standard InChI is InChI=1S/C21H26N4O3S/c26-21(23-17-11-12-20(22-16-17)24-13-6-7-14-24)19-10-4-5-15-25(19)29(27,28)18-8-2-1-3-9-18/h1-3,8-9,11-12,16,19H,4-7,10,13-15H2,(H,23,26). The lowest BCUT2D eigenvalue weighted by atomic mass is 10.0. The van der Waals surface area contributed by atoms with Gasteiger partial charge in [0.1, 0.15) is 11.9 Å². The molecule has 29 heavy (non-hydrogen) atoms. The van der Waals surface area contributed by atoms with E-state index in [1.807, 2.05) is 12.1 Å². The summed E-state index contributed by atoms with van der Waals surface area (Å²) in [4.78, 5) is 19.8. The molecule has 2 aliphatic rings. The molecule has 0 spiro atoms. The molecule has 0 radical (unpaired) electrons. The van der Waals surface area contributed by atoms with Gasteiger partial charge in [-0.3, -0.25) is 4.79 Å². The van der Waals surface area contributed by atoms with Gasteiger partial charge >= 0.3 is 0 Å². The van der Waals surface area contributed by atoms with E-state index in [0.717, 1.165) is 31.7 Å². The lowest BCUT2D eigenvalue weighted by Crippen LogP contribution is -2.49. The number of aromatic nitrogens is 1. The third kappa shape index (κ3) is 4.28. The highest BCUT2D eigenvalue weighted by Crippen LogP contribution is 2.26. The molecule has 1 unspecified atom stereocenters. The van der Waals surface area contributed by atoms with E-state index in [0.29, 0.717) is 18.7 Å². The van der Waals surface area contributed by atoms with Gasteiger partial charge < -0.3 is 10.2 Å². The van der Waals surface area contributed by atoms with E-state index < -0.39 is 16.1 Å². The molecule has 0 bridgehead atoms. The summed E-state index contributed by atoms with van der Waals surface area (Å²) in [6.45, 7) is 2.36. The molecule has 0 saturated carbocycles. The predicted octanol–water partition coefficient (Wildman–Crippen LogP) is 2.86.